The largest absolute Gasteiger partial charge is 0.389 e. The Kier molecular flexibility index (Phi) is 4.11. The third-order valence-corrected chi connectivity index (χ3v) is 3.00. The van der Waals surface area contributed by atoms with Crippen molar-refractivity contribution in [3.8, 4) is 0 Å². The van der Waals surface area contributed by atoms with Crippen LogP contribution in [0.4, 0.5) is 0 Å². The summed E-state index contributed by atoms with van der Waals surface area (Å²) in [5.41, 5.74) is 7.69. The zero-order valence-electron chi connectivity index (χ0n) is 8.87. The van der Waals surface area contributed by atoms with Gasteiger partial charge in [-0.15, -0.1) is 0 Å². The van der Waals surface area contributed by atoms with Crippen molar-refractivity contribution in [2.24, 2.45) is 5.73 Å². The maximum atomic E-state index is 9.76. The van der Waals surface area contributed by atoms with Gasteiger partial charge in [-0.2, -0.15) is 0 Å². The molecule has 0 aliphatic heterocycles. The highest BCUT2D eigenvalue weighted by Gasteiger charge is 2.18. The highest BCUT2D eigenvalue weighted by atomic mass is 35.5. The Labute approximate surface area is 94.5 Å². The number of halogens is 1. The molecule has 4 heteroatoms. The maximum absolute atomic E-state index is 9.76. The van der Waals surface area contributed by atoms with Gasteiger partial charge in [0.05, 0.1) is 6.10 Å². The molecular formula is C11H16ClNO2. The second-order valence-corrected chi connectivity index (χ2v) is 4.09. The third-order valence-electron chi connectivity index (χ3n) is 2.41. The molecule has 0 bridgehead atoms. The lowest BCUT2D eigenvalue weighted by Crippen LogP contribution is -2.27. The maximum Gasteiger partial charge on any atom is 0.106 e. The van der Waals surface area contributed by atoms with Crippen molar-refractivity contribution < 1.29 is 10.2 Å². The van der Waals surface area contributed by atoms with Crippen LogP contribution in [0.3, 0.4) is 0 Å². The van der Waals surface area contributed by atoms with Crippen molar-refractivity contribution in [3.63, 3.8) is 0 Å². The Morgan fingerprint density at radius 1 is 1.27 bits per heavy atom. The summed E-state index contributed by atoms with van der Waals surface area (Å²) in [5, 5.41) is 19.9. The molecule has 1 aromatic rings. The normalized spacial score (nSPS) is 15.1. The van der Waals surface area contributed by atoms with Crippen molar-refractivity contribution in [3.05, 3.63) is 33.8 Å². The summed E-state index contributed by atoms with van der Waals surface area (Å²) in [6, 6.07) is 3.53. The van der Waals surface area contributed by atoms with Crippen LogP contribution in [0.2, 0.25) is 5.02 Å². The predicted octanol–water partition coefficient (Wildman–Crippen LogP) is 1.31. The van der Waals surface area contributed by atoms with Crippen molar-refractivity contribution in [2.75, 3.05) is 6.54 Å². The molecule has 0 aliphatic carbocycles. The Hall–Kier alpha value is -0.610. The van der Waals surface area contributed by atoms with Crippen LogP contribution in [0.15, 0.2) is 12.1 Å². The Morgan fingerprint density at radius 2 is 1.73 bits per heavy atom. The fourth-order valence-electron chi connectivity index (χ4n) is 1.50. The summed E-state index contributed by atoms with van der Waals surface area (Å²) in [6.45, 7) is 3.75. The first kappa shape index (κ1) is 12.5. The average Bonchev–Trinajstić information content (AvgIpc) is 2.23. The van der Waals surface area contributed by atoms with Gasteiger partial charge in [0.1, 0.15) is 6.10 Å². The highest BCUT2D eigenvalue weighted by Crippen LogP contribution is 2.26. The monoisotopic (exact) mass is 229 g/mol. The van der Waals surface area contributed by atoms with E-state index < -0.39 is 12.2 Å². The van der Waals surface area contributed by atoms with Gasteiger partial charge in [0.15, 0.2) is 0 Å². The lowest BCUT2D eigenvalue weighted by molar-refractivity contribution is 0.0243. The molecule has 15 heavy (non-hydrogen) atoms. The van der Waals surface area contributed by atoms with Crippen LogP contribution < -0.4 is 5.73 Å². The molecule has 0 saturated heterocycles. The number of aliphatic hydroxyl groups is 2. The van der Waals surface area contributed by atoms with Crippen LogP contribution in [-0.4, -0.2) is 22.9 Å². The second kappa shape index (κ2) is 4.94. The fourth-order valence-corrected chi connectivity index (χ4v) is 1.61. The van der Waals surface area contributed by atoms with Gasteiger partial charge in [-0.05, 0) is 30.5 Å². The Balaban J connectivity index is 3.06. The van der Waals surface area contributed by atoms with E-state index in [0.29, 0.717) is 10.6 Å². The number of hydrogen-bond donors (Lipinski definition) is 3. The number of rotatable bonds is 3. The Morgan fingerprint density at radius 3 is 2.13 bits per heavy atom. The van der Waals surface area contributed by atoms with Gasteiger partial charge >= 0.3 is 0 Å². The van der Waals surface area contributed by atoms with E-state index in [1.54, 1.807) is 12.1 Å². The van der Waals surface area contributed by atoms with E-state index in [1.165, 1.54) is 0 Å². The van der Waals surface area contributed by atoms with Gasteiger partial charge in [-0.25, -0.2) is 0 Å². The molecule has 1 rings (SSSR count). The molecule has 0 saturated carbocycles. The molecule has 1 aromatic carbocycles. The number of nitrogens with two attached hydrogens (primary N) is 1. The summed E-state index contributed by atoms with van der Waals surface area (Å²) in [5.74, 6) is 0. The molecule has 0 radical (unpaired) electrons. The quantitative estimate of drug-likeness (QED) is 0.732. The molecule has 2 atom stereocenters. The van der Waals surface area contributed by atoms with Crippen molar-refractivity contribution in [1.29, 1.82) is 0 Å². The molecular weight excluding hydrogens is 214 g/mol. The van der Waals surface area contributed by atoms with Crippen LogP contribution in [0.1, 0.15) is 22.8 Å². The van der Waals surface area contributed by atoms with Gasteiger partial charge in [0.2, 0.25) is 0 Å². The standard InChI is InChI=1S/C11H16ClNO2/c1-6-3-8(4-7(2)10(6)12)11(15)9(14)5-13/h3-4,9,11,14-15H,5,13H2,1-2H3. The van der Waals surface area contributed by atoms with E-state index in [4.69, 9.17) is 17.3 Å². The van der Waals surface area contributed by atoms with Gasteiger partial charge in [-0.1, -0.05) is 23.7 Å². The van der Waals surface area contributed by atoms with Crippen LogP contribution in [0, 0.1) is 13.8 Å². The van der Waals surface area contributed by atoms with Gasteiger partial charge in [0, 0.05) is 11.6 Å². The molecule has 0 heterocycles. The van der Waals surface area contributed by atoms with Crippen LogP contribution in [0.5, 0.6) is 0 Å². The van der Waals surface area contributed by atoms with Gasteiger partial charge in [-0.3, -0.25) is 0 Å². The summed E-state index contributed by atoms with van der Waals surface area (Å²) in [4.78, 5) is 0. The topological polar surface area (TPSA) is 66.5 Å². The van der Waals surface area contributed by atoms with Crippen molar-refractivity contribution in [2.45, 2.75) is 26.1 Å². The number of hydrogen-bond acceptors (Lipinski definition) is 3. The van der Waals surface area contributed by atoms with Gasteiger partial charge < -0.3 is 15.9 Å². The number of aryl methyl sites for hydroxylation is 2. The van der Waals surface area contributed by atoms with E-state index in [-0.39, 0.29) is 6.54 Å². The van der Waals surface area contributed by atoms with Crippen molar-refractivity contribution in [1.82, 2.24) is 0 Å². The molecule has 0 aromatic heterocycles. The van der Waals surface area contributed by atoms with E-state index in [1.807, 2.05) is 13.8 Å². The summed E-state index contributed by atoms with van der Waals surface area (Å²) < 4.78 is 0. The smallest absolute Gasteiger partial charge is 0.106 e. The SMILES string of the molecule is Cc1cc(C(O)C(O)CN)cc(C)c1Cl. The fraction of sp³-hybridized carbons (Fsp3) is 0.455. The van der Waals surface area contributed by atoms with E-state index >= 15 is 0 Å². The zero-order chi connectivity index (χ0) is 11.6. The van der Waals surface area contributed by atoms with Crippen LogP contribution in [-0.2, 0) is 0 Å². The molecule has 0 amide bonds. The average molecular weight is 230 g/mol. The minimum atomic E-state index is -0.954. The lowest BCUT2D eigenvalue weighted by Gasteiger charge is -2.18. The second-order valence-electron chi connectivity index (χ2n) is 3.72. The molecule has 3 nitrogen and oxygen atoms in total. The molecule has 0 spiro atoms. The van der Waals surface area contributed by atoms with Gasteiger partial charge in [0.25, 0.3) is 0 Å². The molecule has 2 unspecified atom stereocenters. The molecule has 0 fully saturated rings. The van der Waals surface area contributed by atoms with Crippen LogP contribution >= 0.6 is 11.6 Å². The Bertz CT molecular complexity index is 331. The summed E-state index contributed by atoms with van der Waals surface area (Å²) in [7, 11) is 0. The first-order chi connectivity index (χ1) is 6.97. The number of aliphatic hydroxyl groups excluding tert-OH is 2. The summed E-state index contributed by atoms with van der Waals surface area (Å²) >= 11 is 6.00. The molecule has 84 valence electrons. The molecule has 0 aliphatic rings. The molecule has 4 N–H and O–H groups in total. The highest BCUT2D eigenvalue weighted by molar-refractivity contribution is 6.32. The summed E-state index contributed by atoms with van der Waals surface area (Å²) in [6.07, 6.45) is -1.89. The van der Waals surface area contributed by atoms with E-state index in [0.717, 1.165) is 11.1 Å². The minimum Gasteiger partial charge on any atom is -0.389 e. The first-order valence-electron chi connectivity index (χ1n) is 4.80. The lowest BCUT2D eigenvalue weighted by atomic mass is 10.00. The predicted molar refractivity (Wildman–Crippen MR) is 60.9 cm³/mol. The van der Waals surface area contributed by atoms with Crippen molar-refractivity contribution >= 4 is 11.6 Å². The van der Waals surface area contributed by atoms with Crippen LogP contribution in [0.25, 0.3) is 0 Å². The number of benzene rings is 1. The first-order valence-corrected chi connectivity index (χ1v) is 5.18. The minimum absolute atomic E-state index is 0.0297. The zero-order valence-corrected chi connectivity index (χ0v) is 9.62. The van der Waals surface area contributed by atoms with E-state index in [9.17, 15) is 10.2 Å². The van der Waals surface area contributed by atoms with E-state index in [2.05, 4.69) is 0 Å². The third kappa shape index (κ3) is 2.69.